The van der Waals surface area contributed by atoms with Crippen molar-refractivity contribution in [3.63, 3.8) is 0 Å². The van der Waals surface area contributed by atoms with E-state index in [1.54, 1.807) is 25.5 Å². The fraction of sp³-hybridized carbons (Fsp3) is 0.400. The van der Waals surface area contributed by atoms with Crippen LogP contribution in [0.1, 0.15) is 64.6 Å². The largest absolute Gasteiger partial charge is 0.489 e. The van der Waals surface area contributed by atoms with Crippen molar-refractivity contribution in [1.29, 1.82) is 0 Å². The maximum absolute atomic E-state index is 11.9. The molecule has 41 heavy (non-hydrogen) atoms. The molecule has 214 valence electrons. The number of benzene rings is 1. The van der Waals surface area contributed by atoms with Crippen LogP contribution in [0.2, 0.25) is 0 Å². The highest BCUT2D eigenvalue weighted by Gasteiger charge is 2.33. The van der Waals surface area contributed by atoms with Crippen molar-refractivity contribution < 1.29 is 23.5 Å². The normalized spacial score (nSPS) is 16.9. The molecule has 1 N–H and O–H groups in total. The van der Waals surface area contributed by atoms with Gasteiger partial charge in [-0.1, -0.05) is 31.1 Å². The summed E-state index contributed by atoms with van der Waals surface area (Å²) in [4.78, 5) is 29.3. The number of carbonyl (C=O) groups is 1. The van der Waals surface area contributed by atoms with Gasteiger partial charge in [0.15, 0.2) is 5.75 Å². The third-order valence-electron chi connectivity index (χ3n) is 6.66. The zero-order valence-corrected chi connectivity index (χ0v) is 24.0. The first-order chi connectivity index (χ1) is 19.4. The molecule has 0 unspecified atom stereocenters. The van der Waals surface area contributed by atoms with Crippen molar-refractivity contribution in [2.75, 3.05) is 0 Å². The average molecular weight is 559 g/mol. The van der Waals surface area contributed by atoms with E-state index in [2.05, 4.69) is 39.3 Å². The second-order valence-corrected chi connectivity index (χ2v) is 11.6. The molecular formula is C30H34N6O5. The molecule has 3 aromatic heterocycles. The van der Waals surface area contributed by atoms with E-state index in [0.29, 0.717) is 34.8 Å². The van der Waals surface area contributed by atoms with E-state index in [4.69, 9.17) is 23.7 Å². The Morgan fingerprint density at radius 1 is 0.878 bits per heavy atom. The lowest BCUT2D eigenvalue weighted by Crippen LogP contribution is -2.50. The highest BCUT2D eigenvalue weighted by Crippen LogP contribution is 2.33. The summed E-state index contributed by atoms with van der Waals surface area (Å²) in [5.41, 5.74) is 1.14. The number of aryl methyl sites for hydroxylation is 1. The number of carbonyl (C=O) groups excluding carboxylic acids is 1. The van der Waals surface area contributed by atoms with E-state index >= 15 is 0 Å². The summed E-state index contributed by atoms with van der Waals surface area (Å²) >= 11 is 0. The number of nitrogens with zero attached hydrogens (tertiary/aromatic N) is 5. The Morgan fingerprint density at radius 2 is 1.54 bits per heavy atom. The number of hydrogen-bond donors (Lipinski definition) is 1. The highest BCUT2D eigenvalue weighted by molar-refractivity contribution is 5.68. The van der Waals surface area contributed by atoms with Crippen LogP contribution in [-0.2, 0) is 10.2 Å². The topological polar surface area (TPSA) is 134 Å². The van der Waals surface area contributed by atoms with Crippen LogP contribution in [0.15, 0.2) is 59.5 Å². The molecule has 1 saturated carbocycles. The fourth-order valence-electron chi connectivity index (χ4n) is 4.36. The quantitative estimate of drug-likeness (QED) is 0.283. The van der Waals surface area contributed by atoms with Gasteiger partial charge < -0.3 is 24.1 Å². The molecule has 1 aliphatic carbocycles. The number of alkyl carbamates (subject to hydrolysis) is 1. The molecule has 1 aliphatic rings. The monoisotopic (exact) mass is 558 g/mol. The molecule has 1 fully saturated rings. The molecule has 5 rings (SSSR count). The van der Waals surface area contributed by atoms with Crippen molar-refractivity contribution in [2.45, 2.75) is 77.5 Å². The molecule has 0 saturated heterocycles. The summed E-state index contributed by atoms with van der Waals surface area (Å²) in [6.07, 6.45) is 6.00. The van der Waals surface area contributed by atoms with Gasteiger partial charge in [-0.25, -0.2) is 14.8 Å². The number of rotatable bonds is 8. The Labute approximate surface area is 238 Å². The van der Waals surface area contributed by atoms with Gasteiger partial charge in [-0.15, -0.1) is 0 Å². The van der Waals surface area contributed by atoms with Gasteiger partial charge in [-0.05, 0) is 50.6 Å². The standard InChI is InChI=1S/C30H34N6O5/c1-18-34-27(36-41-18)26-32-16-24(17-33-26)38-21-9-7-19(8-10-21)30(5,6)25-12-11-22(15-31-25)39-23-13-20(14-23)35-28(37)40-29(2,3)4/h7-12,15-17,20,23H,13-14H2,1-6H3,(H,35,37). The number of nitrogens with one attached hydrogen (secondary N) is 1. The van der Waals surface area contributed by atoms with Crippen molar-refractivity contribution in [1.82, 2.24) is 30.4 Å². The van der Waals surface area contributed by atoms with Crippen LogP contribution in [0.25, 0.3) is 11.6 Å². The van der Waals surface area contributed by atoms with Crippen molar-refractivity contribution >= 4 is 6.09 Å². The SMILES string of the molecule is Cc1nc(-c2ncc(Oc3ccc(C(C)(C)c4ccc(OC5CC(NC(=O)OC(C)(C)C)C5)cn4)cc3)cn2)no1. The first kappa shape index (κ1) is 28.0. The summed E-state index contributed by atoms with van der Waals surface area (Å²) in [5.74, 6) is 3.01. The highest BCUT2D eigenvalue weighted by atomic mass is 16.6. The third-order valence-corrected chi connectivity index (χ3v) is 6.66. The van der Waals surface area contributed by atoms with Crippen molar-refractivity contribution in [3.05, 3.63) is 72.1 Å². The van der Waals surface area contributed by atoms with Gasteiger partial charge >= 0.3 is 6.09 Å². The average Bonchev–Trinajstić information content (AvgIpc) is 3.33. The zero-order chi connectivity index (χ0) is 29.2. The molecule has 1 aromatic carbocycles. The Hall–Kier alpha value is -4.54. The molecule has 4 aromatic rings. The lowest BCUT2D eigenvalue weighted by atomic mass is 9.81. The van der Waals surface area contributed by atoms with Gasteiger partial charge in [0.1, 0.15) is 23.2 Å². The number of pyridine rings is 1. The Kier molecular flexibility index (Phi) is 7.61. The fourth-order valence-corrected chi connectivity index (χ4v) is 4.36. The van der Waals surface area contributed by atoms with Crippen LogP contribution in [0.3, 0.4) is 0 Å². The minimum atomic E-state index is -0.513. The lowest BCUT2D eigenvalue weighted by Gasteiger charge is -2.36. The van der Waals surface area contributed by atoms with Crippen LogP contribution in [0.4, 0.5) is 4.79 Å². The molecule has 0 bridgehead atoms. The van der Waals surface area contributed by atoms with E-state index in [9.17, 15) is 4.79 Å². The molecule has 0 radical (unpaired) electrons. The van der Waals surface area contributed by atoms with E-state index < -0.39 is 11.7 Å². The van der Waals surface area contributed by atoms with Crippen LogP contribution in [0.5, 0.6) is 17.2 Å². The molecule has 11 heteroatoms. The summed E-state index contributed by atoms with van der Waals surface area (Å²) in [7, 11) is 0. The molecule has 0 spiro atoms. The van der Waals surface area contributed by atoms with Gasteiger partial charge in [-0.2, -0.15) is 4.98 Å². The number of hydrogen-bond acceptors (Lipinski definition) is 10. The lowest BCUT2D eigenvalue weighted by molar-refractivity contribution is 0.0362. The number of ether oxygens (including phenoxy) is 3. The van der Waals surface area contributed by atoms with Crippen molar-refractivity contribution in [3.8, 4) is 28.9 Å². The minimum Gasteiger partial charge on any atom is -0.489 e. The summed E-state index contributed by atoms with van der Waals surface area (Å²) in [5, 5.41) is 6.70. The molecule has 0 aliphatic heterocycles. The first-order valence-corrected chi connectivity index (χ1v) is 13.5. The van der Waals surface area contributed by atoms with E-state index in [0.717, 1.165) is 24.1 Å². The van der Waals surface area contributed by atoms with Gasteiger partial charge in [0.05, 0.1) is 24.3 Å². The van der Waals surface area contributed by atoms with Crippen LogP contribution in [0, 0.1) is 6.92 Å². The Balaban J connectivity index is 1.13. The van der Waals surface area contributed by atoms with Crippen LogP contribution < -0.4 is 14.8 Å². The molecule has 1 amide bonds. The maximum atomic E-state index is 11.9. The van der Waals surface area contributed by atoms with E-state index in [1.165, 1.54) is 0 Å². The van der Waals surface area contributed by atoms with Gasteiger partial charge in [0, 0.05) is 31.2 Å². The summed E-state index contributed by atoms with van der Waals surface area (Å²) in [6.45, 7) is 11.5. The minimum absolute atomic E-state index is 0.0351. The Bertz CT molecular complexity index is 1470. The summed E-state index contributed by atoms with van der Waals surface area (Å²) in [6, 6.07) is 11.8. The maximum Gasteiger partial charge on any atom is 0.407 e. The first-order valence-electron chi connectivity index (χ1n) is 13.5. The third kappa shape index (κ3) is 6.97. The Morgan fingerprint density at radius 3 is 2.12 bits per heavy atom. The zero-order valence-electron chi connectivity index (χ0n) is 24.0. The second kappa shape index (κ2) is 11.1. The number of aromatic nitrogens is 5. The van der Waals surface area contributed by atoms with Crippen molar-refractivity contribution in [2.24, 2.45) is 0 Å². The summed E-state index contributed by atoms with van der Waals surface area (Å²) < 4.78 is 22.2. The van der Waals surface area contributed by atoms with Crippen LogP contribution >= 0.6 is 0 Å². The van der Waals surface area contributed by atoms with Crippen LogP contribution in [-0.4, -0.2) is 48.9 Å². The molecular weight excluding hydrogens is 524 g/mol. The molecule has 3 heterocycles. The smallest absolute Gasteiger partial charge is 0.407 e. The molecule has 11 nitrogen and oxygen atoms in total. The van der Waals surface area contributed by atoms with Gasteiger partial charge in [-0.3, -0.25) is 4.98 Å². The number of amides is 1. The predicted octanol–water partition coefficient (Wildman–Crippen LogP) is 5.78. The van der Waals surface area contributed by atoms with E-state index in [-0.39, 0.29) is 17.6 Å². The van der Waals surface area contributed by atoms with E-state index in [1.807, 2.05) is 57.2 Å². The molecule has 0 atom stereocenters. The van der Waals surface area contributed by atoms with Gasteiger partial charge in [0.25, 0.3) is 0 Å². The second-order valence-electron chi connectivity index (χ2n) is 11.6. The predicted molar refractivity (Wildman–Crippen MR) is 150 cm³/mol. The van der Waals surface area contributed by atoms with Gasteiger partial charge in [0.2, 0.25) is 17.5 Å².